The minimum Gasteiger partial charge on any atom is -0.481 e. The van der Waals surface area contributed by atoms with Crippen molar-refractivity contribution in [1.29, 1.82) is 0 Å². The van der Waals surface area contributed by atoms with Gasteiger partial charge in [-0.05, 0) is 18.2 Å². The van der Waals surface area contributed by atoms with E-state index in [1.54, 1.807) is 0 Å². The molecule has 1 aromatic carbocycles. The van der Waals surface area contributed by atoms with Crippen molar-refractivity contribution in [3.8, 4) is 0 Å². The third-order valence-corrected chi connectivity index (χ3v) is 5.08. The number of nitrogens with zero attached hydrogens (tertiary/aromatic N) is 1. The normalized spacial score (nSPS) is 13.5. The van der Waals surface area contributed by atoms with Crippen LogP contribution in [-0.2, 0) is 14.8 Å². The summed E-state index contributed by atoms with van der Waals surface area (Å²) in [5.41, 5.74) is 0. The predicted octanol–water partition coefficient (Wildman–Crippen LogP) is 2.33. The van der Waals surface area contributed by atoms with Crippen LogP contribution in [0, 0.1) is 5.92 Å². The van der Waals surface area contributed by atoms with Crippen LogP contribution in [0.1, 0.15) is 6.92 Å². The average Bonchev–Trinajstić information content (AvgIpc) is 2.27. The molecular formula is C11H13Cl2NO4S. The largest absolute Gasteiger partial charge is 0.481 e. The van der Waals surface area contributed by atoms with E-state index in [2.05, 4.69) is 0 Å². The van der Waals surface area contributed by atoms with E-state index in [9.17, 15) is 13.2 Å². The molecule has 0 radical (unpaired) electrons. The van der Waals surface area contributed by atoms with Crippen LogP contribution < -0.4 is 0 Å². The Bertz CT molecular complexity index is 588. The molecule has 106 valence electrons. The minimum absolute atomic E-state index is 0.00216. The summed E-state index contributed by atoms with van der Waals surface area (Å²) >= 11 is 11.6. The van der Waals surface area contributed by atoms with Crippen molar-refractivity contribution >= 4 is 39.2 Å². The molecule has 19 heavy (non-hydrogen) atoms. The fourth-order valence-corrected chi connectivity index (χ4v) is 3.42. The predicted molar refractivity (Wildman–Crippen MR) is 73.1 cm³/mol. The van der Waals surface area contributed by atoms with Crippen molar-refractivity contribution in [2.24, 2.45) is 5.92 Å². The lowest BCUT2D eigenvalue weighted by atomic mass is 10.2. The van der Waals surface area contributed by atoms with Gasteiger partial charge in [0.2, 0.25) is 10.0 Å². The fourth-order valence-electron chi connectivity index (χ4n) is 1.41. The molecule has 0 saturated heterocycles. The minimum atomic E-state index is -3.84. The second kappa shape index (κ2) is 6.09. The Morgan fingerprint density at radius 2 is 2.00 bits per heavy atom. The molecule has 0 aliphatic heterocycles. The summed E-state index contributed by atoms with van der Waals surface area (Å²) < 4.78 is 25.4. The summed E-state index contributed by atoms with van der Waals surface area (Å²) in [6, 6.07) is 4.03. The maximum Gasteiger partial charge on any atom is 0.307 e. The van der Waals surface area contributed by atoms with E-state index in [-0.39, 0.29) is 16.5 Å². The van der Waals surface area contributed by atoms with Crippen LogP contribution in [0.4, 0.5) is 0 Å². The summed E-state index contributed by atoms with van der Waals surface area (Å²) in [4.78, 5) is 10.6. The summed E-state index contributed by atoms with van der Waals surface area (Å²) in [5.74, 6) is -1.88. The van der Waals surface area contributed by atoms with Gasteiger partial charge in [0.15, 0.2) is 0 Å². The molecule has 0 amide bonds. The van der Waals surface area contributed by atoms with E-state index in [0.717, 1.165) is 4.31 Å². The molecule has 0 aromatic heterocycles. The number of carboxylic acids is 1. The summed E-state index contributed by atoms with van der Waals surface area (Å²) in [6.45, 7) is 1.29. The first-order valence-corrected chi connectivity index (χ1v) is 7.50. The highest BCUT2D eigenvalue weighted by molar-refractivity contribution is 7.89. The van der Waals surface area contributed by atoms with Crippen molar-refractivity contribution in [3.05, 3.63) is 28.2 Å². The zero-order valence-electron chi connectivity index (χ0n) is 10.3. The standard InChI is InChI=1S/C11H13Cl2NO4S/c1-7(11(15)16)6-14(2)19(17,18)10-4-3-8(12)5-9(10)13/h3-5,7H,6H2,1-2H3,(H,15,16). The van der Waals surface area contributed by atoms with Gasteiger partial charge in [0, 0.05) is 18.6 Å². The van der Waals surface area contributed by atoms with Gasteiger partial charge >= 0.3 is 5.97 Å². The number of carboxylic acid groups (broad SMARTS) is 1. The Morgan fingerprint density at radius 1 is 1.42 bits per heavy atom. The van der Waals surface area contributed by atoms with Gasteiger partial charge < -0.3 is 5.11 Å². The van der Waals surface area contributed by atoms with Crippen LogP contribution in [0.5, 0.6) is 0 Å². The number of carbonyl (C=O) groups is 1. The van der Waals surface area contributed by atoms with Crippen LogP contribution >= 0.6 is 23.2 Å². The van der Waals surface area contributed by atoms with E-state index in [0.29, 0.717) is 5.02 Å². The number of aliphatic carboxylic acids is 1. The van der Waals surface area contributed by atoms with Gasteiger partial charge in [0.1, 0.15) is 4.90 Å². The summed E-state index contributed by atoms with van der Waals surface area (Å²) in [6.07, 6.45) is 0. The second-order valence-corrected chi connectivity index (χ2v) is 6.96. The molecule has 8 heteroatoms. The number of hydrogen-bond donors (Lipinski definition) is 1. The Hall–Kier alpha value is -0.820. The van der Waals surface area contributed by atoms with Crippen LogP contribution in [0.2, 0.25) is 10.0 Å². The average molecular weight is 326 g/mol. The van der Waals surface area contributed by atoms with Gasteiger partial charge in [-0.2, -0.15) is 0 Å². The molecular weight excluding hydrogens is 313 g/mol. The number of hydrogen-bond acceptors (Lipinski definition) is 3. The van der Waals surface area contributed by atoms with Gasteiger partial charge in [-0.15, -0.1) is 0 Å². The first-order valence-electron chi connectivity index (χ1n) is 5.30. The monoisotopic (exact) mass is 325 g/mol. The van der Waals surface area contributed by atoms with E-state index in [1.165, 1.54) is 32.2 Å². The Kier molecular flexibility index (Phi) is 5.20. The molecule has 1 unspecified atom stereocenters. The zero-order valence-corrected chi connectivity index (χ0v) is 12.6. The number of sulfonamides is 1. The van der Waals surface area contributed by atoms with Crippen molar-refractivity contribution in [1.82, 2.24) is 4.31 Å². The molecule has 1 rings (SSSR count). The van der Waals surface area contributed by atoms with Crippen molar-refractivity contribution in [2.75, 3.05) is 13.6 Å². The number of rotatable bonds is 5. The van der Waals surface area contributed by atoms with Gasteiger partial charge in [-0.25, -0.2) is 12.7 Å². The molecule has 0 bridgehead atoms. The quantitative estimate of drug-likeness (QED) is 0.901. The highest BCUT2D eigenvalue weighted by Gasteiger charge is 2.26. The third kappa shape index (κ3) is 3.82. The topological polar surface area (TPSA) is 74.7 Å². The van der Waals surface area contributed by atoms with Gasteiger partial charge in [-0.3, -0.25) is 4.79 Å². The summed E-state index contributed by atoms with van der Waals surface area (Å²) in [5, 5.41) is 9.12. The maximum atomic E-state index is 12.2. The molecule has 0 fully saturated rings. The Labute approximate surface area is 121 Å². The SMILES string of the molecule is CC(CN(C)S(=O)(=O)c1ccc(Cl)cc1Cl)C(=O)O. The first-order chi connectivity index (χ1) is 8.66. The van der Waals surface area contributed by atoms with E-state index >= 15 is 0 Å². The molecule has 1 aromatic rings. The maximum absolute atomic E-state index is 12.2. The molecule has 0 aliphatic rings. The Morgan fingerprint density at radius 3 is 2.47 bits per heavy atom. The molecule has 5 nitrogen and oxygen atoms in total. The van der Waals surface area contributed by atoms with Gasteiger partial charge in [-0.1, -0.05) is 30.1 Å². The van der Waals surface area contributed by atoms with Crippen molar-refractivity contribution in [2.45, 2.75) is 11.8 Å². The number of halogens is 2. The van der Waals surface area contributed by atoms with E-state index in [4.69, 9.17) is 28.3 Å². The van der Waals surface area contributed by atoms with Gasteiger partial charge in [0.25, 0.3) is 0 Å². The lowest BCUT2D eigenvalue weighted by Crippen LogP contribution is -2.33. The van der Waals surface area contributed by atoms with Crippen molar-refractivity contribution < 1.29 is 18.3 Å². The third-order valence-electron chi connectivity index (χ3n) is 2.53. The van der Waals surface area contributed by atoms with E-state index in [1.807, 2.05) is 0 Å². The lowest BCUT2D eigenvalue weighted by molar-refractivity contribution is -0.141. The van der Waals surface area contributed by atoms with E-state index < -0.39 is 21.9 Å². The van der Waals surface area contributed by atoms with Gasteiger partial charge in [0.05, 0.1) is 10.9 Å². The van der Waals surface area contributed by atoms with Crippen LogP contribution in [0.25, 0.3) is 0 Å². The highest BCUT2D eigenvalue weighted by Crippen LogP contribution is 2.27. The second-order valence-electron chi connectivity index (χ2n) is 4.10. The zero-order chi connectivity index (χ0) is 14.8. The molecule has 1 N–H and O–H groups in total. The highest BCUT2D eigenvalue weighted by atomic mass is 35.5. The summed E-state index contributed by atoms with van der Waals surface area (Å²) in [7, 11) is -2.53. The first kappa shape index (κ1) is 16.2. The smallest absolute Gasteiger partial charge is 0.307 e. The Balaban J connectivity index is 3.06. The van der Waals surface area contributed by atoms with Crippen molar-refractivity contribution in [3.63, 3.8) is 0 Å². The fraction of sp³-hybridized carbons (Fsp3) is 0.364. The molecule has 0 aliphatic carbocycles. The molecule has 0 heterocycles. The molecule has 0 saturated carbocycles. The lowest BCUT2D eigenvalue weighted by Gasteiger charge is -2.19. The molecule has 0 spiro atoms. The number of benzene rings is 1. The van der Waals surface area contributed by atoms with Crippen LogP contribution in [-0.4, -0.2) is 37.4 Å². The van der Waals surface area contributed by atoms with Crippen LogP contribution in [0.3, 0.4) is 0 Å². The molecule has 1 atom stereocenters. The van der Waals surface area contributed by atoms with Crippen LogP contribution in [0.15, 0.2) is 23.1 Å².